The largest absolute Gasteiger partial charge is 0.484 e. The Bertz CT molecular complexity index is 576. The molecule has 0 spiro atoms. The number of nitrogens with two attached hydrogens (primary N) is 1. The van der Waals surface area contributed by atoms with E-state index in [0.717, 1.165) is 0 Å². The minimum absolute atomic E-state index is 0.119. The Balaban J connectivity index is 2.02. The zero-order chi connectivity index (χ0) is 14.0. The van der Waals surface area contributed by atoms with Crippen LogP contribution < -0.4 is 10.5 Å². The average Bonchev–Trinajstić information content (AvgIpc) is 2.79. The van der Waals surface area contributed by atoms with Crippen LogP contribution in [-0.2, 0) is 12.1 Å². The lowest BCUT2D eigenvalue weighted by molar-refractivity contribution is 0.241. The van der Waals surface area contributed by atoms with E-state index >= 15 is 0 Å². The fraction of sp³-hybridized carbons (Fsp3) is 0.385. The van der Waals surface area contributed by atoms with Crippen molar-refractivity contribution >= 4 is 0 Å². The summed E-state index contributed by atoms with van der Waals surface area (Å²) >= 11 is 0. The number of rotatable bonds is 4. The highest BCUT2D eigenvalue weighted by Crippen LogP contribution is 2.18. The summed E-state index contributed by atoms with van der Waals surface area (Å²) in [6.07, 6.45) is 0. The van der Waals surface area contributed by atoms with Crippen molar-refractivity contribution in [2.45, 2.75) is 32.9 Å². The second-order valence-corrected chi connectivity index (χ2v) is 4.93. The molecular weight excluding hydrogens is 249 g/mol. The predicted molar refractivity (Wildman–Crippen MR) is 67.0 cm³/mol. The lowest BCUT2D eigenvalue weighted by Gasteiger charge is -2.11. The Morgan fingerprint density at radius 3 is 2.74 bits per heavy atom. The van der Waals surface area contributed by atoms with Crippen LogP contribution in [0.15, 0.2) is 22.7 Å². The van der Waals surface area contributed by atoms with Crippen LogP contribution in [0.3, 0.4) is 0 Å². The number of aromatic nitrogens is 2. The highest BCUT2D eigenvalue weighted by Gasteiger charge is 2.21. The van der Waals surface area contributed by atoms with Crippen molar-refractivity contribution in [2.24, 2.45) is 5.73 Å². The molecule has 2 aromatic rings. The van der Waals surface area contributed by atoms with Gasteiger partial charge in [0.15, 0.2) is 12.4 Å². The SMILES string of the molecule is Cc1cc(OCc2nc(C(C)(C)N)no2)ccc1F. The molecule has 0 amide bonds. The molecule has 1 aromatic carbocycles. The molecule has 2 rings (SSSR count). The lowest BCUT2D eigenvalue weighted by atomic mass is 10.1. The average molecular weight is 265 g/mol. The Labute approximate surface area is 110 Å². The predicted octanol–water partition coefficient (Wildman–Crippen LogP) is 2.29. The van der Waals surface area contributed by atoms with Crippen molar-refractivity contribution in [1.29, 1.82) is 0 Å². The quantitative estimate of drug-likeness (QED) is 0.918. The Morgan fingerprint density at radius 1 is 1.42 bits per heavy atom. The first-order valence-corrected chi connectivity index (χ1v) is 5.87. The molecule has 0 aliphatic carbocycles. The molecule has 0 bridgehead atoms. The van der Waals surface area contributed by atoms with E-state index in [4.69, 9.17) is 15.0 Å². The highest BCUT2D eigenvalue weighted by molar-refractivity contribution is 5.28. The standard InChI is InChI=1S/C13H16FN3O2/c1-8-6-9(4-5-10(8)14)18-7-11-16-12(17-19-11)13(2,3)15/h4-6H,7,15H2,1-3H3. The van der Waals surface area contributed by atoms with Crippen LogP contribution in [0.25, 0.3) is 0 Å². The van der Waals surface area contributed by atoms with Crippen LogP contribution in [0.5, 0.6) is 5.75 Å². The fourth-order valence-corrected chi connectivity index (χ4v) is 1.43. The molecule has 0 aliphatic heterocycles. The van der Waals surface area contributed by atoms with Gasteiger partial charge in [-0.2, -0.15) is 4.98 Å². The molecule has 0 aliphatic rings. The zero-order valence-electron chi connectivity index (χ0n) is 11.1. The fourth-order valence-electron chi connectivity index (χ4n) is 1.43. The molecule has 102 valence electrons. The first-order chi connectivity index (χ1) is 8.86. The summed E-state index contributed by atoms with van der Waals surface area (Å²) < 4.78 is 23.6. The number of benzene rings is 1. The van der Waals surface area contributed by atoms with Gasteiger partial charge in [0.25, 0.3) is 5.89 Å². The van der Waals surface area contributed by atoms with Crippen molar-refractivity contribution in [3.05, 3.63) is 41.3 Å². The maximum Gasteiger partial charge on any atom is 0.264 e. The summed E-state index contributed by atoms with van der Waals surface area (Å²) in [6, 6.07) is 4.51. The van der Waals surface area contributed by atoms with Gasteiger partial charge in [-0.15, -0.1) is 0 Å². The van der Waals surface area contributed by atoms with Crippen molar-refractivity contribution in [3.8, 4) is 5.75 Å². The van der Waals surface area contributed by atoms with E-state index < -0.39 is 5.54 Å². The summed E-state index contributed by atoms with van der Waals surface area (Å²) in [4.78, 5) is 4.13. The molecule has 2 N–H and O–H groups in total. The van der Waals surface area contributed by atoms with E-state index in [9.17, 15) is 4.39 Å². The van der Waals surface area contributed by atoms with Gasteiger partial charge < -0.3 is 15.0 Å². The van der Waals surface area contributed by atoms with Gasteiger partial charge in [-0.3, -0.25) is 0 Å². The van der Waals surface area contributed by atoms with Crippen LogP contribution in [0.4, 0.5) is 4.39 Å². The van der Waals surface area contributed by atoms with Gasteiger partial charge in [0.1, 0.15) is 11.6 Å². The van der Waals surface area contributed by atoms with Crippen LogP contribution in [-0.4, -0.2) is 10.1 Å². The van der Waals surface area contributed by atoms with Crippen LogP contribution in [0.1, 0.15) is 31.1 Å². The van der Waals surface area contributed by atoms with E-state index in [1.54, 1.807) is 32.9 Å². The summed E-state index contributed by atoms with van der Waals surface area (Å²) in [5.74, 6) is 1.03. The third-order valence-corrected chi connectivity index (χ3v) is 2.54. The molecule has 1 aromatic heterocycles. The first-order valence-electron chi connectivity index (χ1n) is 5.87. The lowest BCUT2D eigenvalue weighted by Crippen LogP contribution is -2.30. The van der Waals surface area contributed by atoms with E-state index in [1.807, 2.05) is 0 Å². The smallest absolute Gasteiger partial charge is 0.264 e. The van der Waals surface area contributed by atoms with Crippen molar-refractivity contribution in [3.63, 3.8) is 0 Å². The highest BCUT2D eigenvalue weighted by atomic mass is 19.1. The summed E-state index contributed by atoms with van der Waals surface area (Å²) in [6.45, 7) is 5.36. The van der Waals surface area contributed by atoms with Crippen LogP contribution >= 0.6 is 0 Å². The summed E-state index contributed by atoms with van der Waals surface area (Å²) in [7, 11) is 0. The molecular formula is C13H16FN3O2. The number of hydrogen-bond donors (Lipinski definition) is 1. The minimum atomic E-state index is -0.659. The molecule has 0 radical (unpaired) electrons. The molecule has 0 atom stereocenters. The normalized spacial score (nSPS) is 11.6. The maximum atomic E-state index is 13.1. The molecule has 0 saturated heterocycles. The van der Waals surface area contributed by atoms with Crippen molar-refractivity contribution in [2.75, 3.05) is 0 Å². The first kappa shape index (κ1) is 13.5. The van der Waals surface area contributed by atoms with E-state index in [2.05, 4.69) is 10.1 Å². The summed E-state index contributed by atoms with van der Waals surface area (Å²) in [5, 5.41) is 3.78. The molecule has 19 heavy (non-hydrogen) atoms. The van der Waals surface area contributed by atoms with Gasteiger partial charge in [-0.05, 0) is 44.5 Å². The molecule has 0 fully saturated rings. The van der Waals surface area contributed by atoms with Gasteiger partial charge in [0, 0.05) is 0 Å². The number of nitrogens with zero attached hydrogens (tertiary/aromatic N) is 2. The third kappa shape index (κ3) is 3.29. The third-order valence-electron chi connectivity index (χ3n) is 2.54. The Hall–Kier alpha value is -1.95. The zero-order valence-corrected chi connectivity index (χ0v) is 11.1. The van der Waals surface area contributed by atoms with Gasteiger partial charge in [0.2, 0.25) is 0 Å². The van der Waals surface area contributed by atoms with Crippen LogP contribution in [0.2, 0.25) is 0 Å². The van der Waals surface area contributed by atoms with Gasteiger partial charge in [-0.25, -0.2) is 4.39 Å². The number of halogens is 1. The molecule has 1 heterocycles. The Morgan fingerprint density at radius 2 is 2.16 bits per heavy atom. The Kier molecular flexibility index (Phi) is 3.53. The topological polar surface area (TPSA) is 74.2 Å². The van der Waals surface area contributed by atoms with Crippen molar-refractivity contribution in [1.82, 2.24) is 10.1 Å². The molecule has 6 heteroatoms. The molecule has 0 saturated carbocycles. The second kappa shape index (κ2) is 4.97. The van der Waals surface area contributed by atoms with Gasteiger partial charge in [-0.1, -0.05) is 5.16 Å². The molecule has 5 nitrogen and oxygen atoms in total. The maximum absolute atomic E-state index is 13.1. The van der Waals surface area contributed by atoms with Gasteiger partial charge >= 0.3 is 0 Å². The van der Waals surface area contributed by atoms with Gasteiger partial charge in [0.05, 0.1) is 5.54 Å². The van der Waals surface area contributed by atoms with E-state index in [1.165, 1.54) is 6.07 Å². The number of hydrogen-bond acceptors (Lipinski definition) is 5. The number of aryl methyl sites for hydroxylation is 1. The van der Waals surface area contributed by atoms with Crippen molar-refractivity contribution < 1.29 is 13.7 Å². The second-order valence-electron chi connectivity index (χ2n) is 4.93. The summed E-state index contributed by atoms with van der Waals surface area (Å²) in [5.41, 5.74) is 5.71. The van der Waals surface area contributed by atoms with E-state index in [0.29, 0.717) is 23.0 Å². The minimum Gasteiger partial charge on any atom is -0.484 e. The van der Waals surface area contributed by atoms with Crippen LogP contribution in [0, 0.1) is 12.7 Å². The number of ether oxygens (including phenoxy) is 1. The molecule has 0 unspecified atom stereocenters. The monoisotopic (exact) mass is 265 g/mol. The van der Waals surface area contributed by atoms with E-state index in [-0.39, 0.29) is 12.4 Å².